The number of hydrogen-bond donors (Lipinski definition) is 1. The standard InChI is InChI=1S/C14H22N2O2/c1-11(2)10-16-9-6-12(17)15-14(13(16)18)7-4-3-5-8-14/h1,3-10H2,2H3,(H,15,17). The Labute approximate surface area is 108 Å². The van der Waals surface area contributed by atoms with E-state index in [1.165, 1.54) is 0 Å². The van der Waals surface area contributed by atoms with Gasteiger partial charge >= 0.3 is 0 Å². The van der Waals surface area contributed by atoms with Crippen LogP contribution < -0.4 is 5.32 Å². The van der Waals surface area contributed by atoms with E-state index >= 15 is 0 Å². The first-order valence-electron chi connectivity index (χ1n) is 6.78. The second-order valence-electron chi connectivity index (χ2n) is 5.62. The minimum atomic E-state index is -0.624. The van der Waals surface area contributed by atoms with E-state index in [1.807, 2.05) is 6.92 Å². The van der Waals surface area contributed by atoms with Crippen LogP contribution in [-0.4, -0.2) is 35.3 Å². The first-order valence-corrected chi connectivity index (χ1v) is 6.78. The molecule has 1 saturated carbocycles. The Morgan fingerprint density at radius 3 is 2.61 bits per heavy atom. The van der Waals surface area contributed by atoms with Gasteiger partial charge in [-0.2, -0.15) is 0 Å². The van der Waals surface area contributed by atoms with Gasteiger partial charge in [0.2, 0.25) is 11.8 Å². The van der Waals surface area contributed by atoms with E-state index in [9.17, 15) is 9.59 Å². The van der Waals surface area contributed by atoms with Gasteiger partial charge in [-0.3, -0.25) is 9.59 Å². The maximum atomic E-state index is 12.7. The highest BCUT2D eigenvalue weighted by Gasteiger charge is 2.44. The predicted molar refractivity (Wildman–Crippen MR) is 70.0 cm³/mol. The maximum absolute atomic E-state index is 12.7. The number of nitrogens with zero attached hydrogens (tertiary/aromatic N) is 1. The van der Waals surface area contributed by atoms with Crippen molar-refractivity contribution >= 4 is 11.8 Å². The molecule has 2 aliphatic rings. The maximum Gasteiger partial charge on any atom is 0.248 e. The van der Waals surface area contributed by atoms with Crippen LogP contribution in [0.25, 0.3) is 0 Å². The lowest BCUT2D eigenvalue weighted by Crippen LogP contribution is -2.58. The molecule has 0 atom stereocenters. The minimum absolute atomic E-state index is 0.00876. The normalized spacial score (nSPS) is 23.7. The number of amides is 2. The molecule has 0 aromatic rings. The van der Waals surface area contributed by atoms with Crippen molar-refractivity contribution in [2.24, 2.45) is 0 Å². The van der Waals surface area contributed by atoms with Crippen LogP contribution in [0.5, 0.6) is 0 Å². The molecular weight excluding hydrogens is 228 g/mol. The summed E-state index contributed by atoms with van der Waals surface area (Å²) in [5.74, 6) is 0.102. The highest BCUT2D eigenvalue weighted by molar-refractivity contribution is 5.93. The summed E-state index contributed by atoms with van der Waals surface area (Å²) >= 11 is 0. The Morgan fingerprint density at radius 1 is 1.33 bits per heavy atom. The fourth-order valence-corrected chi connectivity index (χ4v) is 2.99. The lowest BCUT2D eigenvalue weighted by molar-refractivity contribution is -0.140. The number of carbonyl (C=O) groups is 2. The number of carbonyl (C=O) groups excluding carboxylic acids is 2. The van der Waals surface area contributed by atoms with E-state index in [-0.39, 0.29) is 11.8 Å². The fraction of sp³-hybridized carbons (Fsp3) is 0.714. The van der Waals surface area contributed by atoms with E-state index in [4.69, 9.17) is 0 Å². The molecule has 0 aromatic heterocycles. The Bertz CT molecular complexity index is 370. The molecular formula is C14H22N2O2. The lowest BCUT2D eigenvalue weighted by Gasteiger charge is -2.38. The quantitative estimate of drug-likeness (QED) is 0.757. The third-order valence-electron chi connectivity index (χ3n) is 3.85. The van der Waals surface area contributed by atoms with Gasteiger partial charge in [-0.1, -0.05) is 31.4 Å². The van der Waals surface area contributed by atoms with E-state index in [0.29, 0.717) is 19.5 Å². The SMILES string of the molecule is C=C(C)CN1CCC(=O)NC2(CCCCC2)C1=O. The fourth-order valence-electron chi connectivity index (χ4n) is 2.99. The van der Waals surface area contributed by atoms with Crippen LogP contribution in [0, 0.1) is 0 Å². The molecule has 2 fully saturated rings. The Kier molecular flexibility index (Phi) is 3.73. The molecule has 2 amide bonds. The summed E-state index contributed by atoms with van der Waals surface area (Å²) in [6.07, 6.45) is 5.17. The Morgan fingerprint density at radius 2 is 2.00 bits per heavy atom. The van der Waals surface area contributed by atoms with Crippen molar-refractivity contribution in [2.45, 2.75) is 51.0 Å². The molecule has 1 heterocycles. The van der Waals surface area contributed by atoms with Gasteiger partial charge < -0.3 is 10.2 Å². The highest BCUT2D eigenvalue weighted by atomic mass is 16.2. The number of hydrogen-bond acceptors (Lipinski definition) is 2. The van der Waals surface area contributed by atoms with Crippen LogP contribution in [0.15, 0.2) is 12.2 Å². The second kappa shape index (κ2) is 5.12. The van der Waals surface area contributed by atoms with E-state index < -0.39 is 5.54 Å². The molecule has 100 valence electrons. The van der Waals surface area contributed by atoms with Crippen LogP contribution in [-0.2, 0) is 9.59 Å². The molecule has 0 unspecified atom stereocenters. The first kappa shape index (κ1) is 13.1. The summed E-state index contributed by atoms with van der Waals surface area (Å²) in [5, 5.41) is 2.99. The summed E-state index contributed by atoms with van der Waals surface area (Å²) in [4.78, 5) is 26.3. The average Bonchev–Trinajstić information content (AvgIpc) is 2.43. The molecule has 1 aliphatic heterocycles. The highest BCUT2D eigenvalue weighted by Crippen LogP contribution is 2.31. The molecule has 1 saturated heterocycles. The molecule has 4 heteroatoms. The molecule has 18 heavy (non-hydrogen) atoms. The van der Waals surface area contributed by atoms with Gasteiger partial charge in [0, 0.05) is 19.5 Å². The van der Waals surface area contributed by atoms with Gasteiger partial charge in [-0.15, -0.1) is 0 Å². The third-order valence-corrected chi connectivity index (χ3v) is 3.85. The van der Waals surface area contributed by atoms with Crippen molar-refractivity contribution in [1.82, 2.24) is 10.2 Å². The number of nitrogens with one attached hydrogen (secondary N) is 1. The van der Waals surface area contributed by atoms with E-state index in [1.54, 1.807) is 4.90 Å². The van der Waals surface area contributed by atoms with Crippen molar-refractivity contribution in [3.05, 3.63) is 12.2 Å². The van der Waals surface area contributed by atoms with Gasteiger partial charge in [-0.25, -0.2) is 0 Å². The van der Waals surface area contributed by atoms with Crippen molar-refractivity contribution in [2.75, 3.05) is 13.1 Å². The lowest BCUT2D eigenvalue weighted by atomic mass is 9.80. The van der Waals surface area contributed by atoms with Gasteiger partial charge in [0.05, 0.1) is 0 Å². The molecule has 1 N–H and O–H groups in total. The van der Waals surface area contributed by atoms with Crippen LogP contribution in [0.1, 0.15) is 45.4 Å². The van der Waals surface area contributed by atoms with Crippen LogP contribution in [0.3, 0.4) is 0 Å². The van der Waals surface area contributed by atoms with Gasteiger partial charge in [0.25, 0.3) is 0 Å². The third kappa shape index (κ3) is 2.57. The monoisotopic (exact) mass is 250 g/mol. The van der Waals surface area contributed by atoms with Gasteiger partial charge in [0.15, 0.2) is 0 Å². The topological polar surface area (TPSA) is 49.4 Å². The molecule has 2 rings (SSSR count). The van der Waals surface area contributed by atoms with Crippen LogP contribution in [0.4, 0.5) is 0 Å². The second-order valence-corrected chi connectivity index (χ2v) is 5.62. The Hall–Kier alpha value is -1.32. The zero-order valence-corrected chi connectivity index (χ0v) is 11.1. The predicted octanol–water partition coefficient (Wildman–Crippen LogP) is 1.61. The van der Waals surface area contributed by atoms with Crippen molar-refractivity contribution in [3.8, 4) is 0 Å². The zero-order valence-electron chi connectivity index (χ0n) is 11.1. The average molecular weight is 250 g/mol. The van der Waals surface area contributed by atoms with E-state index in [2.05, 4.69) is 11.9 Å². The van der Waals surface area contributed by atoms with Crippen molar-refractivity contribution in [3.63, 3.8) is 0 Å². The number of rotatable bonds is 2. The summed E-state index contributed by atoms with van der Waals surface area (Å²) in [5.41, 5.74) is 0.338. The van der Waals surface area contributed by atoms with Gasteiger partial charge in [0.1, 0.15) is 5.54 Å². The molecule has 0 radical (unpaired) electrons. The van der Waals surface area contributed by atoms with E-state index in [0.717, 1.165) is 37.7 Å². The summed E-state index contributed by atoms with van der Waals surface area (Å²) in [7, 11) is 0. The van der Waals surface area contributed by atoms with Crippen LogP contribution in [0.2, 0.25) is 0 Å². The molecule has 1 spiro atoms. The molecule has 4 nitrogen and oxygen atoms in total. The molecule has 1 aliphatic carbocycles. The minimum Gasteiger partial charge on any atom is -0.342 e. The summed E-state index contributed by atoms with van der Waals surface area (Å²) < 4.78 is 0. The first-order chi connectivity index (χ1) is 8.53. The van der Waals surface area contributed by atoms with Crippen molar-refractivity contribution in [1.29, 1.82) is 0 Å². The van der Waals surface area contributed by atoms with Crippen LogP contribution >= 0.6 is 0 Å². The molecule has 0 aromatic carbocycles. The van der Waals surface area contributed by atoms with Gasteiger partial charge in [-0.05, 0) is 19.8 Å². The largest absolute Gasteiger partial charge is 0.342 e. The zero-order chi connectivity index (χ0) is 13.2. The Balaban J connectivity index is 2.22. The summed E-state index contributed by atoms with van der Waals surface area (Å²) in [6, 6.07) is 0. The smallest absolute Gasteiger partial charge is 0.248 e. The van der Waals surface area contributed by atoms with Crippen molar-refractivity contribution < 1.29 is 9.59 Å². The summed E-state index contributed by atoms with van der Waals surface area (Å²) in [6.45, 7) is 6.86. The molecule has 0 bridgehead atoms.